The Bertz CT molecular complexity index is 879. The number of fused-ring (bicyclic) bond motifs is 1. The van der Waals surface area contributed by atoms with Gasteiger partial charge in [0.25, 0.3) is 5.91 Å². The quantitative estimate of drug-likeness (QED) is 0.821. The number of benzene rings is 2. The van der Waals surface area contributed by atoms with Gasteiger partial charge in [0.15, 0.2) is 5.78 Å². The maximum Gasteiger partial charge on any atom is 0.254 e. The van der Waals surface area contributed by atoms with E-state index in [4.69, 9.17) is 4.74 Å². The van der Waals surface area contributed by atoms with Crippen LogP contribution in [0.4, 0.5) is 0 Å². The Labute approximate surface area is 165 Å². The molecule has 1 saturated heterocycles. The fraction of sp³-hybridized carbons (Fsp3) is 0.391. The van der Waals surface area contributed by atoms with Gasteiger partial charge in [0.05, 0.1) is 18.8 Å². The molecule has 1 amide bonds. The standard InChI is InChI=1S/C23H26N2O3/c1-24(2)15-21-22(16-7-4-3-5-8-16)25(13-14-28-21)23(27)19-10-6-9-18-17(19)11-12-20(18)26/h3-10,21-22H,11-15H2,1-2H3/t21-,22-/m0/s1. The maximum atomic E-state index is 13.6. The third kappa shape index (κ3) is 3.48. The minimum absolute atomic E-state index is 0.00698. The third-order valence-corrected chi connectivity index (χ3v) is 5.61. The Morgan fingerprint density at radius 2 is 1.89 bits per heavy atom. The van der Waals surface area contributed by atoms with Gasteiger partial charge in [-0.1, -0.05) is 42.5 Å². The highest BCUT2D eigenvalue weighted by atomic mass is 16.5. The Kier molecular flexibility index (Phi) is 5.29. The fourth-order valence-electron chi connectivity index (χ4n) is 4.36. The number of rotatable bonds is 4. The first-order valence-corrected chi connectivity index (χ1v) is 9.83. The normalized spacial score (nSPS) is 21.8. The van der Waals surface area contributed by atoms with Crippen molar-refractivity contribution < 1.29 is 14.3 Å². The van der Waals surface area contributed by atoms with Crippen molar-refractivity contribution in [1.82, 2.24) is 9.80 Å². The van der Waals surface area contributed by atoms with E-state index in [9.17, 15) is 9.59 Å². The average molecular weight is 378 g/mol. The first-order valence-electron chi connectivity index (χ1n) is 9.83. The van der Waals surface area contributed by atoms with Crippen LogP contribution in [-0.4, -0.2) is 61.4 Å². The highest BCUT2D eigenvalue weighted by molar-refractivity contribution is 6.05. The van der Waals surface area contributed by atoms with E-state index in [0.29, 0.717) is 37.1 Å². The van der Waals surface area contributed by atoms with Gasteiger partial charge in [-0.3, -0.25) is 9.59 Å². The van der Waals surface area contributed by atoms with Gasteiger partial charge in [0.1, 0.15) is 0 Å². The Morgan fingerprint density at radius 3 is 2.64 bits per heavy atom. The summed E-state index contributed by atoms with van der Waals surface area (Å²) in [5, 5.41) is 0. The number of Topliss-reactive ketones (excluding diaryl/α,β-unsaturated/α-hetero) is 1. The molecular weight excluding hydrogens is 352 g/mol. The summed E-state index contributed by atoms with van der Waals surface area (Å²) in [5.41, 5.74) is 3.35. The predicted octanol–water partition coefficient (Wildman–Crippen LogP) is 2.96. The lowest BCUT2D eigenvalue weighted by molar-refractivity contribution is -0.0684. The molecule has 2 atom stereocenters. The molecular formula is C23H26N2O3. The Hall–Kier alpha value is -2.50. The number of likely N-dealkylation sites (N-methyl/N-ethyl adjacent to an activating group) is 1. The summed E-state index contributed by atoms with van der Waals surface area (Å²) in [6, 6.07) is 15.5. The second-order valence-corrected chi connectivity index (χ2v) is 7.78. The lowest BCUT2D eigenvalue weighted by Gasteiger charge is -2.42. The highest BCUT2D eigenvalue weighted by Gasteiger charge is 2.38. The zero-order valence-electron chi connectivity index (χ0n) is 16.4. The summed E-state index contributed by atoms with van der Waals surface area (Å²) in [5.74, 6) is 0.129. The van der Waals surface area contributed by atoms with Gasteiger partial charge in [-0.2, -0.15) is 0 Å². The number of hydrogen-bond donors (Lipinski definition) is 0. The number of nitrogens with zero attached hydrogens (tertiary/aromatic N) is 2. The molecule has 146 valence electrons. The molecule has 28 heavy (non-hydrogen) atoms. The van der Waals surface area contributed by atoms with E-state index in [1.165, 1.54) is 0 Å². The molecule has 2 aromatic rings. The molecule has 0 N–H and O–H groups in total. The van der Waals surface area contributed by atoms with Crippen LogP contribution in [0.25, 0.3) is 0 Å². The van der Waals surface area contributed by atoms with Crippen molar-refractivity contribution in [3.8, 4) is 0 Å². The van der Waals surface area contributed by atoms with Gasteiger partial charge in [-0.15, -0.1) is 0 Å². The van der Waals surface area contributed by atoms with Gasteiger partial charge in [-0.05, 0) is 37.7 Å². The number of amides is 1. The molecule has 0 bridgehead atoms. The van der Waals surface area contributed by atoms with Crippen molar-refractivity contribution in [3.05, 3.63) is 70.8 Å². The largest absolute Gasteiger partial charge is 0.373 e. The average Bonchev–Trinajstić information content (AvgIpc) is 3.09. The molecule has 5 nitrogen and oxygen atoms in total. The summed E-state index contributed by atoms with van der Waals surface area (Å²) in [4.78, 5) is 29.8. The minimum atomic E-state index is -0.155. The number of ketones is 1. The Balaban J connectivity index is 1.72. The summed E-state index contributed by atoms with van der Waals surface area (Å²) in [6.07, 6.45) is 1.04. The molecule has 4 rings (SSSR count). The number of carbonyl (C=O) groups is 2. The number of morpholine rings is 1. The molecule has 0 aromatic heterocycles. The van der Waals surface area contributed by atoms with Crippen molar-refractivity contribution >= 4 is 11.7 Å². The van der Waals surface area contributed by atoms with Crippen LogP contribution in [0.3, 0.4) is 0 Å². The van der Waals surface area contributed by atoms with Crippen LogP contribution in [0.15, 0.2) is 48.5 Å². The van der Waals surface area contributed by atoms with Gasteiger partial charge in [0, 0.05) is 30.6 Å². The van der Waals surface area contributed by atoms with Crippen molar-refractivity contribution in [3.63, 3.8) is 0 Å². The van der Waals surface area contributed by atoms with E-state index in [1.54, 1.807) is 0 Å². The second-order valence-electron chi connectivity index (χ2n) is 7.78. The van der Waals surface area contributed by atoms with E-state index in [-0.39, 0.29) is 23.8 Å². The van der Waals surface area contributed by atoms with Crippen LogP contribution in [0.5, 0.6) is 0 Å². The van der Waals surface area contributed by atoms with Crippen LogP contribution in [0.1, 0.15) is 44.3 Å². The lowest BCUT2D eigenvalue weighted by atomic mass is 9.95. The van der Waals surface area contributed by atoms with Crippen LogP contribution >= 0.6 is 0 Å². The second kappa shape index (κ2) is 7.86. The first kappa shape index (κ1) is 18.8. The summed E-state index contributed by atoms with van der Waals surface area (Å²) < 4.78 is 6.09. The highest BCUT2D eigenvalue weighted by Crippen LogP contribution is 2.33. The van der Waals surface area contributed by atoms with Gasteiger partial charge < -0.3 is 14.5 Å². The van der Waals surface area contributed by atoms with Crippen molar-refractivity contribution in [1.29, 1.82) is 0 Å². The van der Waals surface area contributed by atoms with Crippen LogP contribution in [-0.2, 0) is 11.2 Å². The summed E-state index contributed by atoms with van der Waals surface area (Å²) in [7, 11) is 4.03. The molecule has 0 radical (unpaired) electrons. The van der Waals surface area contributed by atoms with E-state index < -0.39 is 0 Å². The van der Waals surface area contributed by atoms with Crippen molar-refractivity contribution in [2.75, 3.05) is 33.8 Å². The van der Waals surface area contributed by atoms with Crippen molar-refractivity contribution in [2.24, 2.45) is 0 Å². The fourth-order valence-corrected chi connectivity index (χ4v) is 4.36. The molecule has 1 aliphatic carbocycles. The molecule has 0 unspecified atom stereocenters. The van der Waals surface area contributed by atoms with Crippen LogP contribution in [0, 0.1) is 0 Å². The number of carbonyl (C=O) groups excluding carboxylic acids is 2. The van der Waals surface area contributed by atoms with Gasteiger partial charge >= 0.3 is 0 Å². The van der Waals surface area contributed by atoms with Gasteiger partial charge in [-0.25, -0.2) is 0 Å². The molecule has 0 saturated carbocycles. The third-order valence-electron chi connectivity index (χ3n) is 5.61. The summed E-state index contributed by atoms with van der Waals surface area (Å²) in [6.45, 7) is 1.79. The molecule has 0 spiro atoms. The van der Waals surface area contributed by atoms with Crippen LogP contribution < -0.4 is 0 Å². The van der Waals surface area contributed by atoms with E-state index in [0.717, 1.165) is 17.7 Å². The topological polar surface area (TPSA) is 49.9 Å². The number of ether oxygens (including phenoxy) is 1. The molecule has 5 heteroatoms. The molecule has 2 aromatic carbocycles. The molecule has 1 aliphatic heterocycles. The molecule has 1 fully saturated rings. The van der Waals surface area contributed by atoms with Gasteiger partial charge in [0.2, 0.25) is 0 Å². The van der Waals surface area contributed by atoms with Crippen LogP contribution in [0.2, 0.25) is 0 Å². The van der Waals surface area contributed by atoms with E-state index in [1.807, 2.05) is 55.4 Å². The predicted molar refractivity (Wildman–Crippen MR) is 108 cm³/mol. The maximum absolute atomic E-state index is 13.6. The lowest BCUT2D eigenvalue weighted by Crippen LogP contribution is -2.51. The summed E-state index contributed by atoms with van der Waals surface area (Å²) >= 11 is 0. The van der Waals surface area contributed by atoms with E-state index >= 15 is 0 Å². The zero-order valence-corrected chi connectivity index (χ0v) is 16.4. The smallest absolute Gasteiger partial charge is 0.254 e. The van der Waals surface area contributed by atoms with E-state index in [2.05, 4.69) is 17.0 Å². The minimum Gasteiger partial charge on any atom is -0.373 e. The first-order chi connectivity index (χ1) is 13.6. The molecule has 2 aliphatic rings. The monoisotopic (exact) mass is 378 g/mol. The zero-order chi connectivity index (χ0) is 19.7. The van der Waals surface area contributed by atoms with Crippen molar-refractivity contribution in [2.45, 2.75) is 25.0 Å². The molecule has 1 heterocycles. The SMILES string of the molecule is CN(C)C[C@@H]1OCCN(C(=O)c2cccc3c2CCC3=O)[C@H]1c1ccccc1. The number of hydrogen-bond acceptors (Lipinski definition) is 4. The Morgan fingerprint density at radius 1 is 1.11 bits per heavy atom.